The van der Waals surface area contributed by atoms with Gasteiger partial charge in [0.05, 0.1) is 17.1 Å². The van der Waals surface area contributed by atoms with Crippen molar-refractivity contribution in [2.24, 2.45) is 5.73 Å². The van der Waals surface area contributed by atoms with Crippen LogP contribution in [0.1, 0.15) is 26.2 Å². The Kier molecular flexibility index (Phi) is 6.01. The first-order valence-electron chi connectivity index (χ1n) is 8.92. The van der Waals surface area contributed by atoms with Crippen LogP contribution in [0.4, 0.5) is 5.95 Å². The van der Waals surface area contributed by atoms with Crippen LogP contribution in [-0.4, -0.2) is 47.4 Å². The lowest BCUT2D eigenvalue weighted by Gasteiger charge is -2.14. The first-order chi connectivity index (χ1) is 12.2. The van der Waals surface area contributed by atoms with Gasteiger partial charge in [0.2, 0.25) is 5.95 Å². The zero-order chi connectivity index (χ0) is 17.6. The average molecular weight is 346 g/mol. The van der Waals surface area contributed by atoms with Crippen molar-refractivity contribution in [2.45, 2.75) is 44.9 Å². The molecule has 1 aliphatic rings. The second kappa shape index (κ2) is 8.42. The number of anilines is 1. The minimum absolute atomic E-state index is 0.0271. The van der Waals surface area contributed by atoms with Crippen molar-refractivity contribution in [1.82, 2.24) is 9.55 Å². The number of nitrogens with zero attached hydrogens (tertiary/aromatic N) is 2. The molecule has 1 aliphatic heterocycles. The number of rotatable bonds is 8. The van der Waals surface area contributed by atoms with E-state index in [9.17, 15) is 4.79 Å². The lowest BCUT2D eigenvalue weighted by molar-refractivity contribution is -0.126. The van der Waals surface area contributed by atoms with Gasteiger partial charge in [0.15, 0.2) is 0 Å². The maximum atomic E-state index is 12.5. The van der Waals surface area contributed by atoms with Crippen molar-refractivity contribution in [3.8, 4) is 0 Å². The van der Waals surface area contributed by atoms with Gasteiger partial charge in [0, 0.05) is 26.3 Å². The van der Waals surface area contributed by atoms with Crippen molar-refractivity contribution < 1.29 is 14.3 Å². The van der Waals surface area contributed by atoms with Crippen molar-refractivity contribution >= 4 is 22.9 Å². The van der Waals surface area contributed by atoms with Gasteiger partial charge in [0.1, 0.15) is 6.10 Å². The summed E-state index contributed by atoms with van der Waals surface area (Å²) in [6, 6.07) is 7.87. The van der Waals surface area contributed by atoms with Gasteiger partial charge < -0.3 is 19.8 Å². The van der Waals surface area contributed by atoms with Crippen molar-refractivity contribution in [3.05, 3.63) is 24.3 Å². The molecule has 3 rings (SSSR count). The minimum atomic E-state index is -0.453. The lowest BCUT2D eigenvalue weighted by Crippen LogP contribution is -2.30. The Labute approximate surface area is 147 Å². The van der Waals surface area contributed by atoms with Gasteiger partial charge in [0.25, 0.3) is 5.91 Å². The first kappa shape index (κ1) is 17.8. The predicted octanol–water partition coefficient (Wildman–Crippen LogP) is 1.91. The second-order valence-corrected chi connectivity index (χ2v) is 6.18. The topological polar surface area (TPSA) is 91.4 Å². The Morgan fingerprint density at radius 3 is 3.04 bits per heavy atom. The van der Waals surface area contributed by atoms with Gasteiger partial charge in [-0.2, -0.15) is 0 Å². The highest BCUT2D eigenvalue weighted by Gasteiger charge is 2.30. The molecule has 0 bridgehead atoms. The van der Waals surface area contributed by atoms with E-state index in [1.54, 1.807) is 0 Å². The fourth-order valence-electron chi connectivity index (χ4n) is 3.13. The van der Waals surface area contributed by atoms with Crippen LogP contribution < -0.4 is 11.1 Å². The fraction of sp³-hybridized carbons (Fsp3) is 0.556. The molecule has 2 heterocycles. The molecule has 3 N–H and O–H groups in total. The molecule has 7 nitrogen and oxygen atoms in total. The summed E-state index contributed by atoms with van der Waals surface area (Å²) in [6.07, 6.45) is 1.88. The molecule has 1 saturated heterocycles. The van der Waals surface area contributed by atoms with Crippen molar-refractivity contribution in [1.29, 1.82) is 0 Å². The van der Waals surface area contributed by atoms with E-state index in [1.807, 2.05) is 35.8 Å². The summed E-state index contributed by atoms with van der Waals surface area (Å²) in [5.74, 6) is 0.403. The molecule has 0 saturated carbocycles. The zero-order valence-corrected chi connectivity index (χ0v) is 14.6. The third-order valence-corrected chi connectivity index (χ3v) is 4.43. The van der Waals surface area contributed by atoms with Gasteiger partial charge >= 0.3 is 0 Å². The van der Waals surface area contributed by atoms with Crippen molar-refractivity contribution in [3.63, 3.8) is 0 Å². The largest absolute Gasteiger partial charge is 0.382 e. The molecule has 1 aromatic heterocycles. The molecular weight excluding hydrogens is 320 g/mol. The van der Waals surface area contributed by atoms with E-state index in [-0.39, 0.29) is 12.0 Å². The van der Waals surface area contributed by atoms with Crippen LogP contribution in [0.3, 0.4) is 0 Å². The van der Waals surface area contributed by atoms with Crippen LogP contribution in [0.25, 0.3) is 11.0 Å². The van der Waals surface area contributed by atoms with Crippen molar-refractivity contribution in [2.75, 3.05) is 25.1 Å². The number of nitrogens with one attached hydrogen (secondary N) is 1. The summed E-state index contributed by atoms with van der Waals surface area (Å²) in [4.78, 5) is 17.1. The molecule has 0 unspecified atom stereocenters. The molecule has 2 atom stereocenters. The lowest BCUT2D eigenvalue weighted by atomic mass is 10.2. The number of ether oxygens (including phenoxy) is 2. The molecule has 25 heavy (non-hydrogen) atoms. The Bertz CT molecular complexity index is 715. The number of hydrogen-bond donors (Lipinski definition) is 2. The summed E-state index contributed by atoms with van der Waals surface area (Å²) in [5.41, 5.74) is 7.48. The standard InChI is InChI=1S/C18H26N4O3/c1-2-24-11-5-10-22-15-7-4-3-6-14(15)20-18(22)21-17(23)16-9-8-13(12-19)25-16/h3-4,6-7,13,16H,2,5,8-12,19H2,1H3,(H,20,21,23)/t13-,16+/m1/s1. The third kappa shape index (κ3) is 4.18. The van der Waals surface area contributed by atoms with E-state index < -0.39 is 6.10 Å². The molecule has 7 heteroatoms. The summed E-state index contributed by atoms with van der Waals surface area (Å²) in [5, 5.41) is 2.93. The van der Waals surface area contributed by atoms with E-state index >= 15 is 0 Å². The van der Waals surface area contributed by atoms with Crippen LogP contribution in [0.5, 0.6) is 0 Å². The highest BCUT2D eigenvalue weighted by Crippen LogP contribution is 2.23. The monoisotopic (exact) mass is 346 g/mol. The molecule has 1 fully saturated rings. The quantitative estimate of drug-likeness (QED) is 0.713. The number of carbonyl (C=O) groups excluding carboxylic acids is 1. The van der Waals surface area contributed by atoms with Gasteiger partial charge in [-0.05, 0) is 38.3 Å². The number of hydrogen-bond acceptors (Lipinski definition) is 5. The Hall–Kier alpha value is -1.96. The Morgan fingerprint density at radius 1 is 1.44 bits per heavy atom. The van der Waals surface area contributed by atoms with Crippen LogP contribution in [0.2, 0.25) is 0 Å². The van der Waals surface area contributed by atoms with E-state index in [4.69, 9.17) is 15.2 Å². The highest BCUT2D eigenvalue weighted by molar-refractivity contribution is 5.94. The van der Waals surface area contributed by atoms with Crippen LogP contribution in [0, 0.1) is 0 Å². The van der Waals surface area contributed by atoms with Gasteiger partial charge in [-0.1, -0.05) is 12.1 Å². The number of aryl methyl sites for hydroxylation is 1. The molecule has 1 amide bonds. The maximum Gasteiger partial charge on any atom is 0.255 e. The van der Waals surface area contributed by atoms with Crippen LogP contribution in [0.15, 0.2) is 24.3 Å². The molecule has 2 aromatic rings. The summed E-state index contributed by atoms with van der Waals surface area (Å²) in [7, 11) is 0. The van der Waals surface area contributed by atoms with Gasteiger partial charge in [-0.25, -0.2) is 4.98 Å². The number of amides is 1. The summed E-state index contributed by atoms with van der Waals surface area (Å²) < 4.78 is 13.1. The van der Waals surface area contributed by atoms with E-state index in [0.717, 1.165) is 30.4 Å². The normalized spacial score (nSPS) is 20.2. The van der Waals surface area contributed by atoms with E-state index in [2.05, 4.69) is 10.3 Å². The number of nitrogens with two attached hydrogens (primary N) is 1. The Balaban J connectivity index is 1.74. The van der Waals surface area contributed by atoms with Gasteiger partial charge in [-0.15, -0.1) is 0 Å². The average Bonchev–Trinajstić information content (AvgIpc) is 3.23. The highest BCUT2D eigenvalue weighted by atomic mass is 16.5. The molecule has 0 aliphatic carbocycles. The zero-order valence-electron chi connectivity index (χ0n) is 14.6. The predicted molar refractivity (Wildman–Crippen MR) is 96.4 cm³/mol. The molecule has 1 aromatic carbocycles. The molecule has 0 spiro atoms. The maximum absolute atomic E-state index is 12.5. The third-order valence-electron chi connectivity index (χ3n) is 4.43. The first-order valence-corrected chi connectivity index (χ1v) is 8.92. The number of imidazole rings is 1. The van der Waals surface area contributed by atoms with Gasteiger partial charge in [-0.3, -0.25) is 10.1 Å². The number of benzene rings is 1. The number of para-hydroxylation sites is 2. The smallest absolute Gasteiger partial charge is 0.255 e. The summed E-state index contributed by atoms with van der Waals surface area (Å²) in [6.45, 7) is 4.54. The molecule has 136 valence electrons. The molecule has 0 radical (unpaired) electrons. The van der Waals surface area contributed by atoms with Crippen LogP contribution >= 0.6 is 0 Å². The SMILES string of the molecule is CCOCCCn1c(NC(=O)[C@@H]2CC[C@H](CN)O2)nc2ccccc21. The summed E-state index contributed by atoms with van der Waals surface area (Å²) >= 11 is 0. The Morgan fingerprint density at radius 2 is 2.28 bits per heavy atom. The number of aromatic nitrogens is 2. The fourth-order valence-corrected chi connectivity index (χ4v) is 3.13. The number of carbonyl (C=O) groups is 1. The minimum Gasteiger partial charge on any atom is -0.382 e. The molecular formula is C18H26N4O3. The van der Waals surface area contributed by atoms with Crippen LogP contribution in [-0.2, 0) is 20.8 Å². The van der Waals surface area contributed by atoms with E-state index in [0.29, 0.717) is 32.1 Å². The second-order valence-electron chi connectivity index (χ2n) is 6.18. The van der Waals surface area contributed by atoms with E-state index in [1.165, 1.54) is 0 Å². The number of fused-ring (bicyclic) bond motifs is 1.